The van der Waals surface area contributed by atoms with Gasteiger partial charge in [-0.2, -0.15) is 4.36 Å². The molecule has 1 spiro atoms. The van der Waals surface area contributed by atoms with Gasteiger partial charge in [0.15, 0.2) is 0 Å². The van der Waals surface area contributed by atoms with Crippen molar-refractivity contribution in [3.05, 3.63) is 30.3 Å². The molecule has 2 aliphatic heterocycles. The van der Waals surface area contributed by atoms with E-state index in [1.54, 1.807) is 0 Å². The van der Waals surface area contributed by atoms with Crippen molar-refractivity contribution in [1.82, 2.24) is 4.90 Å². The van der Waals surface area contributed by atoms with E-state index in [0.29, 0.717) is 17.4 Å². The van der Waals surface area contributed by atoms with Crippen molar-refractivity contribution in [1.29, 1.82) is 0 Å². The third-order valence-electron chi connectivity index (χ3n) is 4.73. The van der Waals surface area contributed by atoms with E-state index >= 15 is 0 Å². The molecule has 2 aliphatic rings. The molecule has 0 amide bonds. The third kappa shape index (κ3) is 4.34. The van der Waals surface area contributed by atoms with Crippen LogP contribution >= 0.6 is 0 Å². The van der Waals surface area contributed by atoms with Crippen LogP contribution in [0.1, 0.15) is 26.7 Å². The van der Waals surface area contributed by atoms with Crippen LogP contribution in [0.25, 0.3) is 0 Å². The number of benzene rings is 1. The first-order valence-corrected chi connectivity index (χ1v) is 10.5. The maximum atomic E-state index is 13.0. The van der Waals surface area contributed by atoms with Crippen molar-refractivity contribution in [2.75, 3.05) is 37.7 Å². The van der Waals surface area contributed by atoms with Gasteiger partial charge in [-0.05, 0) is 30.9 Å². The lowest BCUT2D eigenvalue weighted by atomic mass is 9.94. The molecule has 0 aromatic heterocycles. The van der Waals surface area contributed by atoms with Crippen LogP contribution in [0.4, 0.5) is 5.69 Å². The molecule has 0 unspecified atom stereocenters. The van der Waals surface area contributed by atoms with Gasteiger partial charge in [-0.15, -0.1) is 0 Å². The minimum atomic E-state index is -2.13. The normalized spacial score (nSPS) is 32.3. The molecule has 1 aromatic carbocycles. The number of morpholine rings is 1. The Labute approximate surface area is 140 Å². The van der Waals surface area contributed by atoms with Crippen LogP contribution < -0.4 is 0 Å². The van der Waals surface area contributed by atoms with Crippen molar-refractivity contribution in [2.45, 2.75) is 32.3 Å². The summed E-state index contributed by atoms with van der Waals surface area (Å²) in [5.74, 6) is 1.97. The number of ether oxygens (including phenoxy) is 1. The molecule has 0 N–H and O–H groups in total. The van der Waals surface area contributed by atoms with Gasteiger partial charge in [0.1, 0.15) is 0 Å². The van der Waals surface area contributed by atoms with Crippen LogP contribution in [0, 0.1) is 5.92 Å². The van der Waals surface area contributed by atoms with E-state index in [0.717, 1.165) is 44.8 Å². The van der Waals surface area contributed by atoms with Crippen molar-refractivity contribution in [3.63, 3.8) is 0 Å². The molecule has 5 heteroatoms. The van der Waals surface area contributed by atoms with E-state index in [2.05, 4.69) is 23.1 Å². The van der Waals surface area contributed by atoms with Gasteiger partial charge in [-0.25, -0.2) is 4.21 Å². The van der Waals surface area contributed by atoms with Crippen LogP contribution in [0.15, 0.2) is 34.7 Å². The molecule has 0 saturated carbocycles. The third-order valence-corrected chi connectivity index (χ3v) is 6.96. The Morgan fingerprint density at radius 2 is 1.96 bits per heavy atom. The van der Waals surface area contributed by atoms with E-state index in [1.807, 2.05) is 30.3 Å². The number of rotatable bonds is 3. The van der Waals surface area contributed by atoms with Crippen LogP contribution in [0.5, 0.6) is 0 Å². The van der Waals surface area contributed by atoms with Gasteiger partial charge >= 0.3 is 0 Å². The maximum Gasteiger partial charge on any atom is 0.0827 e. The highest BCUT2D eigenvalue weighted by Crippen LogP contribution is 2.33. The molecule has 0 atom stereocenters. The molecule has 2 saturated heterocycles. The number of hydrogen-bond acceptors (Lipinski definition) is 4. The largest absolute Gasteiger partial charge is 0.372 e. The summed E-state index contributed by atoms with van der Waals surface area (Å²) in [7, 11) is -2.13. The molecule has 3 rings (SSSR count). The average Bonchev–Trinajstić information content (AvgIpc) is 2.52. The zero-order chi connectivity index (χ0) is 16.3. The summed E-state index contributed by atoms with van der Waals surface area (Å²) in [6, 6.07) is 9.71. The molecule has 2 heterocycles. The highest BCUT2D eigenvalue weighted by atomic mass is 32.2. The molecular formula is C18H28N2O2S. The summed E-state index contributed by atoms with van der Waals surface area (Å²) >= 11 is 0. The van der Waals surface area contributed by atoms with E-state index in [9.17, 15) is 4.21 Å². The van der Waals surface area contributed by atoms with Crippen LogP contribution in [-0.2, 0) is 14.5 Å². The Bertz CT molecular complexity index is 622. The first kappa shape index (κ1) is 16.9. The van der Waals surface area contributed by atoms with E-state index < -0.39 is 9.73 Å². The predicted octanol–water partition coefficient (Wildman–Crippen LogP) is 3.31. The van der Waals surface area contributed by atoms with Gasteiger partial charge < -0.3 is 4.74 Å². The summed E-state index contributed by atoms with van der Waals surface area (Å²) in [5.41, 5.74) is 0.736. The van der Waals surface area contributed by atoms with E-state index in [-0.39, 0.29) is 5.60 Å². The lowest BCUT2D eigenvalue weighted by molar-refractivity contribution is -0.115. The second-order valence-electron chi connectivity index (χ2n) is 7.27. The molecule has 0 aliphatic carbocycles. The average molecular weight is 337 g/mol. The fourth-order valence-electron chi connectivity index (χ4n) is 3.59. The zero-order valence-corrected chi connectivity index (χ0v) is 15.1. The first-order valence-electron chi connectivity index (χ1n) is 8.63. The molecule has 4 nitrogen and oxygen atoms in total. The Balaban J connectivity index is 1.68. The maximum absolute atomic E-state index is 13.0. The SMILES string of the molecule is CC(C)CN1CCOC2(CCS(=O)(=Nc3ccccc3)CC2)C1. The van der Waals surface area contributed by atoms with Crippen molar-refractivity contribution in [2.24, 2.45) is 10.3 Å². The summed E-state index contributed by atoms with van der Waals surface area (Å²) in [6.07, 6.45) is 1.72. The second-order valence-corrected chi connectivity index (χ2v) is 9.81. The molecule has 2 fully saturated rings. The summed E-state index contributed by atoms with van der Waals surface area (Å²) in [4.78, 5) is 2.51. The van der Waals surface area contributed by atoms with E-state index in [1.165, 1.54) is 0 Å². The van der Waals surface area contributed by atoms with Crippen molar-refractivity contribution in [3.8, 4) is 0 Å². The van der Waals surface area contributed by atoms with Gasteiger partial charge in [-0.3, -0.25) is 4.90 Å². The lowest BCUT2D eigenvalue weighted by Crippen LogP contribution is -2.55. The number of hydrogen-bond donors (Lipinski definition) is 0. The quantitative estimate of drug-likeness (QED) is 0.850. The highest BCUT2D eigenvalue weighted by Gasteiger charge is 2.41. The smallest absolute Gasteiger partial charge is 0.0827 e. The monoisotopic (exact) mass is 336 g/mol. The summed E-state index contributed by atoms with van der Waals surface area (Å²) in [6.45, 7) is 8.43. The van der Waals surface area contributed by atoms with Gasteiger partial charge in [0.2, 0.25) is 0 Å². The molecule has 23 heavy (non-hydrogen) atoms. The Hall–Kier alpha value is -0.910. The van der Waals surface area contributed by atoms with E-state index in [4.69, 9.17) is 4.74 Å². The van der Waals surface area contributed by atoms with Crippen molar-refractivity contribution < 1.29 is 8.95 Å². The van der Waals surface area contributed by atoms with Crippen molar-refractivity contribution >= 4 is 15.4 Å². The highest BCUT2D eigenvalue weighted by molar-refractivity contribution is 7.93. The van der Waals surface area contributed by atoms with Gasteiger partial charge in [0.25, 0.3) is 0 Å². The van der Waals surface area contributed by atoms with Crippen LogP contribution in [0.2, 0.25) is 0 Å². The Morgan fingerprint density at radius 1 is 1.26 bits per heavy atom. The second kappa shape index (κ2) is 6.91. The molecule has 1 aromatic rings. The van der Waals surface area contributed by atoms with Gasteiger partial charge in [0.05, 0.1) is 27.6 Å². The minimum absolute atomic E-state index is 0.0970. The lowest BCUT2D eigenvalue weighted by Gasteiger charge is -2.45. The predicted molar refractivity (Wildman–Crippen MR) is 95.6 cm³/mol. The van der Waals surface area contributed by atoms with Gasteiger partial charge in [0, 0.05) is 31.1 Å². The molecule has 0 bridgehead atoms. The fourth-order valence-corrected chi connectivity index (χ4v) is 5.86. The zero-order valence-electron chi connectivity index (χ0n) is 14.2. The van der Waals surface area contributed by atoms with Crippen LogP contribution in [0.3, 0.4) is 0 Å². The Kier molecular flexibility index (Phi) is 5.09. The summed E-state index contributed by atoms with van der Waals surface area (Å²) < 4.78 is 23.7. The minimum Gasteiger partial charge on any atom is -0.372 e. The topological polar surface area (TPSA) is 41.9 Å². The molecule has 0 radical (unpaired) electrons. The molecular weight excluding hydrogens is 308 g/mol. The fraction of sp³-hybridized carbons (Fsp3) is 0.667. The number of nitrogens with zero attached hydrogens (tertiary/aromatic N) is 2. The van der Waals surface area contributed by atoms with Gasteiger partial charge in [-0.1, -0.05) is 32.0 Å². The Morgan fingerprint density at radius 3 is 2.61 bits per heavy atom. The molecule has 128 valence electrons. The first-order chi connectivity index (χ1) is 11.0. The summed E-state index contributed by atoms with van der Waals surface area (Å²) in [5, 5.41) is 0. The van der Waals surface area contributed by atoms with Crippen LogP contribution in [-0.4, -0.2) is 52.5 Å². The standard InChI is InChI=1S/C18H28N2O2S/c1-16(2)14-20-10-11-22-18(15-20)8-12-23(21,13-9-18)19-17-6-4-3-5-7-17/h3-7,16H,8-15H2,1-2H3.